The summed E-state index contributed by atoms with van der Waals surface area (Å²) in [6.45, 7) is 4.64. The van der Waals surface area contributed by atoms with E-state index in [4.69, 9.17) is 20.3 Å². The third-order valence-electron chi connectivity index (χ3n) is 1.61. The largest absolute Gasteiger partial charge is 0.462 e. The van der Waals surface area contributed by atoms with Crippen LogP contribution in [0.3, 0.4) is 0 Å². The van der Waals surface area contributed by atoms with Gasteiger partial charge in [0.25, 0.3) is 0 Å². The molecule has 3 N–H and O–H groups in total. The summed E-state index contributed by atoms with van der Waals surface area (Å²) in [6.07, 6.45) is 0.0419. The fourth-order valence-electron chi connectivity index (χ4n) is 0.741. The Hall–Kier alpha value is -0.650. The highest BCUT2D eigenvalue weighted by molar-refractivity contribution is 5.76. The first-order valence-corrected chi connectivity index (χ1v) is 4.77. The molecule has 0 aromatic heterocycles. The minimum Gasteiger partial charge on any atom is -0.462 e. The lowest BCUT2D eigenvalue weighted by molar-refractivity contribution is -0.149. The maximum atomic E-state index is 11.1. The van der Waals surface area contributed by atoms with Crippen molar-refractivity contribution in [3.05, 3.63) is 0 Å². The van der Waals surface area contributed by atoms with E-state index in [1.165, 1.54) is 6.92 Å². The van der Waals surface area contributed by atoms with Crippen LogP contribution >= 0.6 is 0 Å². The van der Waals surface area contributed by atoms with Gasteiger partial charge in [-0.3, -0.25) is 4.79 Å². The summed E-state index contributed by atoms with van der Waals surface area (Å²) in [5.74, 6) is -0.597. The SMILES string of the molecule is CCCOCCOC(=O)C(N)C(C)O. The number of hydrogen-bond acceptors (Lipinski definition) is 5. The summed E-state index contributed by atoms with van der Waals surface area (Å²) in [7, 11) is 0. The zero-order valence-corrected chi connectivity index (χ0v) is 8.73. The lowest BCUT2D eigenvalue weighted by atomic mass is 10.2. The van der Waals surface area contributed by atoms with Crippen molar-refractivity contribution in [1.82, 2.24) is 0 Å². The number of rotatable bonds is 7. The number of nitrogens with two attached hydrogens (primary N) is 1. The fraction of sp³-hybridized carbons (Fsp3) is 0.889. The highest BCUT2D eigenvalue weighted by Crippen LogP contribution is 1.92. The third kappa shape index (κ3) is 5.90. The number of aliphatic hydroxyl groups excluding tert-OH is 1. The Morgan fingerprint density at radius 2 is 2.07 bits per heavy atom. The van der Waals surface area contributed by atoms with Gasteiger partial charge >= 0.3 is 5.97 Å². The van der Waals surface area contributed by atoms with E-state index in [1.54, 1.807) is 0 Å². The Balaban J connectivity index is 3.44. The van der Waals surface area contributed by atoms with E-state index in [0.29, 0.717) is 13.2 Å². The Bertz CT molecular complexity index is 161. The van der Waals surface area contributed by atoms with Gasteiger partial charge in [-0.25, -0.2) is 0 Å². The molecular formula is C9H19NO4. The number of hydrogen-bond donors (Lipinski definition) is 2. The monoisotopic (exact) mass is 205 g/mol. The van der Waals surface area contributed by atoms with Crippen molar-refractivity contribution in [3.63, 3.8) is 0 Å². The molecule has 0 aliphatic heterocycles. The maximum absolute atomic E-state index is 11.1. The lowest BCUT2D eigenvalue weighted by Gasteiger charge is -2.13. The Kier molecular flexibility index (Phi) is 7.37. The maximum Gasteiger partial charge on any atom is 0.325 e. The second-order valence-electron chi connectivity index (χ2n) is 3.05. The third-order valence-corrected chi connectivity index (χ3v) is 1.61. The van der Waals surface area contributed by atoms with Crippen LogP contribution in [0.25, 0.3) is 0 Å². The first kappa shape index (κ1) is 13.4. The van der Waals surface area contributed by atoms with Crippen molar-refractivity contribution in [2.24, 2.45) is 5.73 Å². The predicted molar refractivity (Wildman–Crippen MR) is 51.7 cm³/mol. The summed E-state index contributed by atoms with van der Waals surface area (Å²) in [6, 6.07) is -0.971. The van der Waals surface area contributed by atoms with Gasteiger partial charge in [0, 0.05) is 6.61 Å². The van der Waals surface area contributed by atoms with Gasteiger partial charge in [-0.15, -0.1) is 0 Å². The van der Waals surface area contributed by atoms with E-state index in [1.807, 2.05) is 6.92 Å². The average Bonchev–Trinajstić information content (AvgIpc) is 2.16. The molecule has 5 heteroatoms. The van der Waals surface area contributed by atoms with Crippen LogP contribution in [0.15, 0.2) is 0 Å². The van der Waals surface area contributed by atoms with Crippen LogP contribution in [-0.2, 0) is 14.3 Å². The number of aliphatic hydroxyl groups is 1. The van der Waals surface area contributed by atoms with Crippen LogP contribution in [0.5, 0.6) is 0 Å². The van der Waals surface area contributed by atoms with Crippen molar-refractivity contribution >= 4 is 5.97 Å². The molecule has 0 heterocycles. The Morgan fingerprint density at radius 1 is 1.43 bits per heavy atom. The molecule has 0 fully saturated rings. The van der Waals surface area contributed by atoms with E-state index in [2.05, 4.69) is 0 Å². The molecular weight excluding hydrogens is 186 g/mol. The zero-order valence-electron chi connectivity index (χ0n) is 8.73. The van der Waals surface area contributed by atoms with Gasteiger partial charge in [-0.05, 0) is 13.3 Å². The van der Waals surface area contributed by atoms with E-state index in [0.717, 1.165) is 6.42 Å². The van der Waals surface area contributed by atoms with Crippen molar-refractivity contribution in [2.45, 2.75) is 32.4 Å². The van der Waals surface area contributed by atoms with Gasteiger partial charge in [0.15, 0.2) is 0 Å². The van der Waals surface area contributed by atoms with Gasteiger partial charge in [-0.2, -0.15) is 0 Å². The topological polar surface area (TPSA) is 81.8 Å². The number of carbonyl (C=O) groups is 1. The van der Waals surface area contributed by atoms with Crippen LogP contribution in [-0.4, -0.2) is 43.0 Å². The summed E-state index contributed by atoms with van der Waals surface area (Å²) in [5.41, 5.74) is 5.34. The molecule has 0 amide bonds. The number of esters is 1. The average molecular weight is 205 g/mol. The lowest BCUT2D eigenvalue weighted by Crippen LogP contribution is -2.41. The van der Waals surface area contributed by atoms with Gasteiger partial charge in [0.2, 0.25) is 0 Å². The van der Waals surface area contributed by atoms with E-state index >= 15 is 0 Å². The summed E-state index contributed by atoms with van der Waals surface area (Å²) in [4.78, 5) is 11.1. The van der Waals surface area contributed by atoms with Crippen molar-refractivity contribution in [2.75, 3.05) is 19.8 Å². The number of carbonyl (C=O) groups excluding carboxylic acids is 1. The summed E-state index contributed by atoms with van der Waals surface area (Å²) >= 11 is 0. The molecule has 14 heavy (non-hydrogen) atoms. The second-order valence-corrected chi connectivity index (χ2v) is 3.05. The van der Waals surface area contributed by atoms with E-state index < -0.39 is 18.1 Å². The van der Waals surface area contributed by atoms with Crippen LogP contribution in [0.4, 0.5) is 0 Å². The van der Waals surface area contributed by atoms with Crippen LogP contribution in [0.2, 0.25) is 0 Å². The minimum absolute atomic E-state index is 0.180. The quantitative estimate of drug-likeness (QED) is 0.439. The predicted octanol–water partition coefficient (Wildman–Crippen LogP) is -0.336. The molecule has 0 aliphatic carbocycles. The first-order valence-electron chi connectivity index (χ1n) is 4.77. The second kappa shape index (κ2) is 7.73. The first-order chi connectivity index (χ1) is 6.59. The normalized spacial score (nSPS) is 14.9. The molecule has 0 saturated carbocycles. The van der Waals surface area contributed by atoms with E-state index in [9.17, 15) is 4.79 Å². The summed E-state index contributed by atoms with van der Waals surface area (Å²) in [5, 5.41) is 8.97. The molecule has 0 aromatic rings. The van der Waals surface area contributed by atoms with Gasteiger partial charge in [0.1, 0.15) is 12.6 Å². The molecule has 0 aliphatic rings. The highest BCUT2D eigenvalue weighted by atomic mass is 16.6. The molecule has 5 nitrogen and oxygen atoms in total. The smallest absolute Gasteiger partial charge is 0.325 e. The molecule has 0 bridgehead atoms. The van der Waals surface area contributed by atoms with Gasteiger partial charge < -0.3 is 20.3 Å². The molecule has 0 aromatic carbocycles. The fourth-order valence-corrected chi connectivity index (χ4v) is 0.741. The van der Waals surface area contributed by atoms with Gasteiger partial charge in [0.05, 0.1) is 12.7 Å². The van der Waals surface area contributed by atoms with Crippen molar-refractivity contribution < 1.29 is 19.4 Å². The minimum atomic E-state index is -0.971. The molecule has 2 atom stereocenters. The molecule has 0 saturated heterocycles. The molecule has 0 spiro atoms. The van der Waals surface area contributed by atoms with Crippen molar-refractivity contribution in [3.8, 4) is 0 Å². The Labute approximate surface area is 84.2 Å². The van der Waals surface area contributed by atoms with Crippen LogP contribution < -0.4 is 5.73 Å². The zero-order chi connectivity index (χ0) is 11.0. The molecule has 2 unspecified atom stereocenters. The standard InChI is InChI=1S/C9H19NO4/c1-3-4-13-5-6-14-9(12)8(10)7(2)11/h7-8,11H,3-6,10H2,1-2H3. The summed E-state index contributed by atoms with van der Waals surface area (Å²) < 4.78 is 9.86. The van der Waals surface area contributed by atoms with Crippen molar-refractivity contribution in [1.29, 1.82) is 0 Å². The molecule has 84 valence electrons. The van der Waals surface area contributed by atoms with Crippen LogP contribution in [0.1, 0.15) is 20.3 Å². The Morgan fingerprint density at radius 3 is 2.57 bits per heavy atom. The molecule has 0 radical (unpaired) electrons. The van der Waals surface area contributed by atoms with Crippen LogP contribution in [0, 0.1) is 0 Å². The van der Waals surface area contributed by atoms with E-state index in [-0.39, 0.29) is 6.61 Å². The highest BCUT2D eigenvalue weighted by Gasteiger charge is 2.19. The van der Waals surface area contributed by atoms with Gasteiger partial charge in [-0.1, -0.05) is 6.92 Å². The number of ether oxygens (including phenoxy) is 2. The molecule has 0 rings (SSSR count).